The highest BCUT2D eigenvalue weighted by Gasteiger charge is 2.10. The zero-order valence-electron chi connectivity index (χ0n) is 9.10. The molecule has 0 fully saturated rings. The Kier molecular flexibility index (Phi) is 3.27. The van der Waals surface area contributed by atoms with Crippen LogP contribution in [-0.2, 0) is 13.5 Å². The lowest BCUT2D eigenvalue weighted by Crippen LogP contribution is -2.17. The summed E-state index contributed by atoms with van der Waals surface area (Å²) >= 11 is 5.93. The summed E-state index contributed by atoms with van der Waals surface area (Å²) in [6.45, 7) is 0. The van der Waals surface area contributed by atoms with Crippen LogP contribution in [0.1, 0.15) is 17.3 Å². The SMILES string of the molecule is Cn1nccc1C(N)Cc1cccc(Cl)c1. The van der Waals surface area contributed by atoms with Gasteiger partial charge in [-0.25, -0.2) is 0 Å². The second-order valence-corrected chi connectivity index (χ2v) is 4.26. The van der Waals surface area contributed by atoms with E-state index in [1.165, 1.54) is 0 Å². The maximum Gasteiger partial charge on any atom is 0.0551 e. The monoisotopic (exact) mass is 235 g/mol. The highest BCUT2D eigenvalue weighted by molar-refractivity contribution is 6.30. The van der Waals surface area contributed by atoms with Crippen molar-refractivity contribution >= 4 is 11.6 Å². The summed E-state index contributed by atoms with van der Waals surface area (Å²) in [5, 5.41) is 4.85. The van der Waals surface area contributed by atoms with E-state index in [4.69, 9.17) is 17.3 Å². The summed E-state index contributed by atoms with van der Waals surface area (Å²) in [6, 6.07) is 9.66. The van der Waals surface area contributed by atoms with Crippen molar-refractivity contribution in [3.8, 4) is 0 Å². The summed E-state index contributed by atoms with van der Waals surface area (Å²) in [5.74, 6) is 0. The summed E-state index contributed by atoms with van der Waals surface area (Å²) in [6.07, 6.45) is 2.52. The smallest absolute Gasteiger partial charge is 0.0551 e. The molecule has 1 atom stereocenters. The van der Waals surface area contributed by atoms with Crippen LogP contribution in [0.25, 0.3) is 0 Å². The van der Waals surface area contributed by atoms with Crippen molar-refractivity contribution in [3.63, 3.8) is 0 Å². The Morgan fingerprint density at radius 2 is 2.25 bits per heavy atom. The van der Waals surface area contributed by atoms with Gasteiger partial charge in [-0.05, 0) is 30.2 Å². The van der Waals surface area contributed by atoms with Crippen LogP contribution in [0.2, 0.25) is 5.02 Å². The average molecular weight is 236 g/mol. The third-order valence-corrected chi connectivity index (χ3v) is 2.82. The number of hydrogen-bond acceptors (Lipinski definition) is 2. The van der Waals surface area contributed by atoms with E-state index in [1.54, 1.807) is 10.9 Å². The molecular formula is C12H14ClN3. The number of aromatic nitrogens is 2. The van der Waals surface area contributed by atoms with E-state index in [9.17, 15) is 0 Å². The predicted molar refractivity (Wildman–Crippen MR) is 65.3 cm³/mol. The van der Waals surface area contributed by atoms with Crippen molar-refractivity contribution in [1.82, 2.24) is 9.78 Å². The molecular weight excluding hydrogens is 222 g/mol. The molecule has 0 spiro atoms. The fraction of sp³-hybridized carbons (Fsp3) is 0.250. The minimum atomic E-state index is -0.0500. The molecule has 1 aromatic heterocycles. The first kappa shape index (κ1) is 11.2. The fourth-order valence-corrected chi connectivity index (χ4v) is 1.98. The average Bonchev–Trinajstić information content (AvgIpc) is 2.64. The summed E-state index contributed by atoms with van der Waals surface area (Å²) in [4.78, 5) is 0. The minimum Gasteiger partial charge on any atom is -0.322 e. The molecule has 0 aliphatic carbocycles. The molecule has 0 saturated carbocycles. The summed E-state index contributed by atoms with van der Waals surface area (Å²) in [5.41, 5.74) is 8.29. The number of hydrogen-bond donors (Lipinski definition) is 1. The van der Waals surface area contributed by atoms with E-state index in [-0.39, 0.29) is 6.04 Å². The summed E-state index contributed by atoms with van der Waals surface area (Å²) < 4.78 is 1.80. The number of benzene rings is 1. The molecule has 4 heteroatoms. The van der Waals surface area contributed by atoms with E-state index in [1.807, 2.05) is 37.4 Å². The van der Waals surface area contributed by atoms with Gasteiger partial charge in [0.1, 0.15) is 0 Å². The molecule has 2 rings (SSSR count). The first-order valence-electron chi connectivity index (χ1n) is 5.15. The van der Waals surface area contributed by atoms with Gasteiger partial charge in [0.15, 0.2) is 0 Å². The fourth-order valence-electron chi connectivity index (χ4n) is 1.77. The molecule has 2 N–H and O–H groups in total. The lowest BCUT2D eigenvalue weighted by atomic mass is 10.0. The van der Waals surface area contributed by atoms with Crippen LogP contribution in [0, 0.1) is 0 Å². The molecule has 1 aromatic carbocycles. The molecule has 0 radical (unpaired) electrons. The van der Waals surface area contributed by atoms with Crippen LogP contribution in [0.15, 0.2) is 36.5 Å². The largest absolute Gasteiger partial charge is 0.322 e. The third kappa shape index (κ3) is 2.43. The van der Waals surface area contributed by atoms with E-state index < -0.39 is 0 Å². The molecule has 3 nitrogen and oxygen atoms in total. The maximum absolute atomic E-state index is 6.12. The normalized spacial score (nSPS) is 12.7. The molecule has 0 bridgehead atoms. The lowest BCUT2D eigenvalue weighted by molar-refractivity contribution is 0.617. The van der Waals surface area contributed by atoms with Crippen molar-refractivity contribution in [2.45, 2.75) is 12.5 Å². The molecule has 2 aromatic rings. The standard InChI is InChI=1S/C12H14ClN3/c1-16-12(5-6-15-16)11(14)8-9-3-2-4-10(13)7-9/h2-7,11H,8,14H2,1H3. The maximum atomic E-state index is 6.12. The second kappa shape index (κ2) is 4.68. The zero-order chi connectivity index (χ0) is 11.5. The van der Waals surface area contributed by atoms with Gasteiger partial charge in [-0.1, -0.05) is 23.7 Å². The Balaban J connectivity index is 2.14. The number of nitrogens with zero attached hydrogens (tertiary/aromatic N) is 2. The highest BCUT2D eigenvalue weighted by Crippen LogP contribution is 2.17. The van der Waals surface area contributed by atoms with E-state index in [2.05, 4.69) is 5.10 Å². The van der Waals surface area contributed by atoms with Gasteiger partial charge in [-0.2, -0.15) is 5.10 Å². The Morgan fingerprint density at radius 1 is 1.44 bits per heavy atom. The van der Waals surface area contributed by atoms with Crippen molar-refractivity contribution in [1.29, 1.82) is 0 Å². The van der Waals surface area contributed by atoms with Crippen LogP contribution in [0.3, 0.4) is 0 Å². The minimum absolute atomic E-state index is 0.0500. The molecule has 0 aliphatic heterocycles. The van der Waals surface area contributed by atoms with E-state index in [0.29, 0.717) is 0 Å². The Morgan fingerprint density at radius 3 is 2.88 bits per heavy atom. The van der Waals surface area contributed by atoms with Gasteiger partial charge >= 0.3 is 0 Å². The third-order valence-electron chi connectivity index (χ3n) is 2.58. The van der Waals surface area contributed by atoms with E-state index in [0.717, 1.165) is 22.7 Å². The highest BCUT2D eigenvalue weighted by atomic mass is 35.5. The van der Waals surface area contributed by atoms with Gasteiger partial charge in [0, 0.05) is 18.3 Å². The summed E-state index contributed by atoms with van der Waals surface area (Å²) in [7, 11) is 1.90. The van der Waals surface area contributed by atoms with Crippen molar-refractivity contribution < 1.29 is 0 Å². The molecule has 1 unspecified atom stereocenters. The Bertz CT molecular complexity index is 479. The Hall–Kier alpha value is -1.32. The Labute approximate surface area is 99.8 Å². The molecule has 16 heavy (non-hydrogen) atoms. The first-order chi connectivity index (χ1) is 7.66. The molecule has 0 aliphatic rings. The van der Waals surface area contributed by atoms with Crippen LogP contribution in [0.4, 0.5) is 0 Å². The van der Waals surface area contributed by atoms with Crippen molar-refractivity contribution in [3.05, 3.63) is 52.8 Å². The van der Waals surface area contributed by atoms with Crippen LogP contribution >= 0.6 is 11.6 Å². The first-order valence-corrected chi connectivity index (χ1v) is 5.52. The lowest BCUT2D eigenvalue weighted by Gasteiger charge is -2.12. The van der Waals surface area contributed by atoms with Crippen molar-refractivity contribution in [2.24, 2.45) is 12.8 Å². The van der Waals surface area contributed by atoms with Crippen molar-refractivity contribution in [2.75, 3.05) is 0 Å². The quantitative estimate of drug-likeness (QED) is 0.887. The molecule has 0 saturated heterocycles. The number of halogens is 1. The van der Waals surface area contributed by atoms with Gasteiger partial charge in [0.2, 0.25) is 0 Å². The van der Waals surface area contributed by atoms with E-state index >= 15 is 0 Å². The molecule has 1 heterocycles. The number of aryl methyl sites for hydroxylation is 1. The second-order valence-electron chi connectivity index (χ2n) is 3.82. The van der Waals surface area contributed by atoms with Gasteiger partial charge in [0.25, 0.3) is 0 Å². The zero-order valence-corrected chi connectivity index (χ0v) is 9.85. The van der Waals surface area contributed by atoms with Crippen LogP contribution < -0.4 is 5.73 Å². The number of rotatable bonds is 3. The molecule has 84 valence electrons. The van der Waals surface area contributed by atoms with Gasteiger partial charge in [0.05, 0.1) is 11.7 Å². The molecule has 0 amide bonds. The van der Waals surface area contributed by atoms with Crippen LogP contribution in [0.5, 0.6) is 0 Å². The topological polar surface area (TPSA) is 43.8 Å². The van der Waals surface area contributed by atoms with Gasteiger partial charge < -0.3 is 5.73 Å². The number of nitrogens with two attached hydrogens (primary N) is 1. The predicted octanol–water partition coefficient (Wildman–Crippen LogP) is 2.32. The van der Waals surface area contributed by atoms with Gasteiger partial charge in [-0.15, -0.1) is 0 Å². The van der Waals surface area contributed by atoms with Gasteiger partial charge in [-0.3, -0.25) is 4.68 Å². The van der Waals surface area contributed by atoms with Crippen LogP contribution in [-0.4, -0.2) is 9.78 Å².